The molecule has 1 N–H and O–H groups in total. The van der Waals surface area contributed by atoms with Crippen LogP contribution in [0.4, 0.5) is 4.79 Å². The first-order valence-corrected chi connectivity index (χ1v) is 4.24. The van der Waals surface area contributed by atoms with Crippen LogP contribution in [0.2, 0.25) is 0 Å². The Morgan fingerprint density at radius 1 is 1.75 bits per heavy atom. The largest absolute Gasteiger partial charge is 0.453 e. The maximum Gasteiger partial charge on any atom is 0.409 e. The van der Waals surface area contributed by atoms with Crippen LogP contribution >= 0.6 is 11.6 Å². The van der Waals surface area contributed by atoms with Gasteiger partial charge in [-0.05, 0) is 6.42 Å². The first kappa shape index (κ1) is 9.61. The number of methoxy groups -OCH3 is 1. The number of aliphatic hydroxyl groups is 1. The van der Waals surface area contributed by atoms with Crippen LogP contribution in [0.25, 0.3) is 0 Å². The number of ether oxygens (including phenoxy) is 1. The van der Waals surface area contributed by atoms with Gasteiger partial charge in [-0.25, -0.2) is 4.79 Å². The van der Waals surface area contributed by atoms with Crippen molar-refractivity contribution in [3.63, 3.8) is 0 Å². The highest BCUT2D eigenvalue weighted by Gasteiger charge is 2.28. The van der Waals surface area contributed by atoms with Crippen molar-refractivity contribution in [2.45, 2.75) is 17.9 Å². The van der Waals surface area contributed by atoms with E-state index in [2.05, 4.69) is 4.74 Å². The molecule has 1 amide bonds. The number of aliphatic hydroxyl groups excluding tert-OH is 1. The smallest absolute Gasteiger partial charge is 0.409 e. The van der Waals surface area contributed by atoms with Gasteiger partial charge in [-0.2, -0.15) is 0 Å². The summed E-state index contributed by atoms with van der Waals surface area (Å²) in [7, 11) is 1.33. The standard InChI is InChI=1S/C7H12ClNO3/c1-12-7(11)9-3-2-6(10)5(8)4-9/h5-6,10H,2-4H2,1H3. The van der Waals surface area contributed by atoms with Crippen molar-refractivity contribution in [3.8, 4) is 0 Å². The molecule has 1 aliphatic rings. The number of hydrogen-bond acceptors (Lipinski definition) is 3. The molecular formula is C7H12ClNO3. The van der Waals surface area contributed by atoms with E-state index in [-0.39, 0.29) is 11.5 Å². The monoisotopic (exact) mass is 193 g/mol. The number of carbonyl (C=O) groups excluding carboxylic acids is 1. The van der Waals surface area contributed by atoms with Crippen molar-refractivity contribution in [3.05, 3.63) is 0 Å². The van der Waals surface area contributed by atoms with E-state index in [1.807, 2.05) is 0 Å². The third kappa shape index (κ3) is 2.01. The molecule has 0 aromatic carbocycles. The summed E-state index contributed by atoms with van der Waals surface area (Å²) in [5.41, 5.74) is 0. The van der Waals surface area contributed by atoms with Gasteiger partial charge in [0, 0.05) is 13.1 Å². The van der Waals surface area contributed by atoms with Gasteiger partial charge in [0.2, 0.25) is 0 Å². The highest BCUT2D eigenvalue weighted by atomic mass is 35.5. The molecule has 1 heterocycles. The van der Waals surface area contributed by atoms with Crippen LogP contribution in [0.5, 0.6) is 0 Å². The maximum atomic E-state index is 11.0. The highest BCUT2D eigenvalue weighted by Crippen LogP contribution is 2.16. The molecule has 0 aromatic rings. The van der Waals surface area contributed by atoms with Gasteiger partial charge in [0.25, 0.3) is 0 Å². The number of alkyl halides is 1. The molecule has 1 rings (SSSR count). The summed E-state index contributed by atoms with van der Waals surface area (Å²) in [6.07, 6.45) is -0.372. The van der Waals surface area contributed by atoms with Gasteiger partial charge in [-0.15, -0.1) is 11.6 Å². The van der Waals surface area contributed by atoms with Gasteiger partial charge in [-0.1, -0.05) is 0 Å². The third-order valence-corrected chi connectivity index (χ3v) is 2.37. The minimum Gasteiger partial charge on any atom is -0.453 e. The molecule has 0 spiro atoms. The second-order valence-corrected chi connectivity index (χ2v) is 3.35. The third-order valence-electron chi connectivity index (χ3n) is 1.94. The van der Waals surface area contributed by atoms with Crippen LogP contribution < -0.4 is 0 Å². The van der Waals surface area contributed by atoms with E-state index in [4.69, 9.17) is 11.6 Å². The molecule has 0 aromatic heterocycles. The Labute approximate surface area is 76.1 Å². The van der Waals surface area contributed by atoms with E-state index in [9.17, 15) is 9.90 Å². The molecule has 4 nitrogen and oxygen atoms in total. The predicted molar refractivity (Wildman–Crippen MR) is 44.2 cm³/mol. The molecule has 5 heteroatoms. The Morgan fingerprint density at radius 2 is 2.42 bits per heavy atom. The summed E-state index contributed by atoms with van der Waals surface area (Å²) >= 11 is 5.76. The molecular weight excluding hydrogens is 182 g/mol. The second-order valence-electron chi connectivity index (χ2n) is 2.79. The lowest BCUT2D eigenvalue weighted by molar-refractivity contribution is 0.0714. The number of hydrogen-bond donors (Lipinski definition) is 1. The zero-order chi connectivity index (χ0) is 9.14. The maximum absolute atomic E-state index is 11.0. The molecule has 1 fully saturated rings. The van der Waals surface area contributed by atoms with E-state index < -0.39 is 6.10 Å². The molecule has 2 unspecified atom stereocenters. The lowest BCUT2D eigenvalue weighted by atomic mass is 10.1. The molecule has 0 aliphatic carbocycles. The quantitative estimate of drug-likeness (QED) is 0.568. The molecule has 70 valence electrons. The van der Waals surface area contributed by atoms with Gasteiger partial charge in [0.1, 0.15) is 0 Å². The van der Waals surface area contributed by atoms with Gasteiger partial charge in [0.05, 0.1) is 18.6 Å². The number of halogens is 1. The van der Waals surface area contributed by atoms with Crippen LogP contribution in [0.15, 0.2) is 0 Å². The Balaban J connectivity index is 2.45. The Bertz CT molecular complexity index is 176. The SMILES string of the molecule is COC(=O)N1CCC(O)C(Cl)C1. The van der Waals surface area contributed by atoms with Gasteiger partial charge >= 0.3 is 6.09 Å². The number of nitrogens with zero attached hydrogens (tertiary/aromatic N) is 1. The molecule has 0 saturated carbocycles. The highest BCUT2D eigenvalue weighted by molar-refractivity contribution is 6.21. The number of amides is 1. The predicted octanol–water partition coefficient (Wildman–Crippen LogP) is 0.427. The molecule has 1 aliphatic heterocycles. The topological polar surface area (TPSA) is 49.8 Å². The van der Waals surface area contributed by atoms with Crippen molar-refractivity contribution < 1.29 is 14.6 Å². The van der Waals surface area contributed by atoms with E-state index in [0.717, 1.165) is 0 Å². The van der Waals surface area contributed by atoms with Crippen molar-refractivity contribution in [2.75, 3.05) is 20.2 Å². The van der Waals surface area contributed by atoms with Gasteiger partial charge in [0.15, 0.2) is 0 Å². The molecule has 1 saturated heterocycles. The number of rotatable bonds is 0. The fourth-order valence-electron chi connectivity index (χ4n) is 1.19. The van der Waals surface area contributed by atoms with Crippen LogP contribution in [0, 0.1) is 0 Å². The number of likely N-dealkylation sites (tertiary alicyclic amines) is 1. The van der Waals surface area contributed by atoms with E-state index >= 15 is 0 Å². The molecule has 12 heavy (non-hydrogen) atoms. The van der Waals surface area contributed by atoms with Crippen molar-refractivity contribution in [2.24, 2.45) is 0 Å². The van der Waals surface area contributed by atoms with Gasteiger partial charge < -0.3 is 14.7 Å². The number of piperidine rings is 1. The first-order chi connectivity index (χ1) is 5.65. The van der Waals surface area contributed by atoms with Gasteiger partial charge in [-0.3, -0.25) is 0 Å². The first-order valence-electron chi connectivity index (χ1n) is 3.80. The second kappa shape index (κ2) is 3.96. The Morgan fingerprint density at radius 3 is 2.92 bits per heavy atom. The lowest BCUT2D eigenvalue weighted by Crippen LogP contribution is -2.46. The summed E-state index contributed by atoms with van der Waals surface area (Å²) in [6.45, 7) is 0.868. The lowest BCUT2D eigenvalue weighted by Gasteiger charge is -2.31. The number of carbonyl (C=O) groups is 1. The average Bonchev–Trinajstić information content (AvgIpc) is 2.08. The fraction of sp³-hybridized carbons (Fsp3) is 0.857. The van der Waals surface area contributed by atoms with E-state index in [1.165, 1.54) is 12.0 Å². The summed E-state index contributed by atoms with van der Waals surface area (Å²) in [5.74, 6) is 0. The van der Waals surface area contributed by atoms with E-state index in [1.54, 1.807) is 0 Å². The van der Waals surface area contributed by atoms with Crippen LogP contribution in [0.1, 0.15) is 6.42 Å². The van der Waals surface area contributed by atoms with Crippen molar-refractivity contribution in [1.29, 1.82) is 0 Å². The minimum atomic E-state index is -0.507. The summed E-state index contributed by atoms with van der Waals surface area (Å²) in [4.78, 5) is 12.5. The molecule has 2 atom stereocenters. The molecule has 0 radical (unpaired) electrons. The van der Waals surface area contributed by atoms with E-state index in [0.29, 0.717) is 19.5 Å². The van der Waals surface area contributed by atoms with Crippen LogP contribution in [-0.2, 0) is 4.74 Å². The van der Waals surface area contributed by atoms with Crippen LogP contribution in [0.3, 0.4) is 0 Å². The Hall–Kier alpha value is -0.480. The minimum absolute atomic E-state index is 0.357. The van der Waals surface area contributed by atoms with Crippen LogP contribution in [-0.4, -0.2) is 47.8 Å². The van der Waals surface area contributed by atoms with Crippen molar-refractivity contribution in [1.82, 2.24) is 4.90 Å². The zero-order valence-electron chi connectivity index (χ0n) is 6.86. The van der Waals surface area contributed by atoms with Crippen molar-refractivity contribution >= 4 is 17.7 Å². The molecule has 0 bridgehead atoms. The summed E-state index contributed by atoms with van der Waals surface area (Å²) < 4.78 is 4.52. The zero-order valence-corrected chi connectivity index (χ0v) is 7.62. The normalized spacial score (nSPS) is 30.1. The fourth-order valence-corrected chi connectivity index (χ4v) is 1.48. The Kier molecular flexibility index (Phi) is 3.17. The average molecular weight is 194 g/mol. The summed E-state index contributed by atoms with van der Waals surface area (Å²) in [6, 6.07) is 0. The summed E-state index contributed by atoms with van der Waals surface area (Å²) in [5, 5.41) is 8.86.